The van der Waals surface area contributed by atoms with Gasteiger partial charge in [-0.05, 0) is 52.7 Å². The smallest absolute Gasteiger partial charge is 0.218 e. The van der Waals surface area contributed by atoms with Crippen LogP contribution in [0, 0.1) is 12.7 Å². The van der Waals surface area contributed by atoms with Crippen LogP contribution < -0.4 is 0 Å². The van der Waals surface area contributed by atoms with E-state index in [-0.39, 0.29) is 5.82 Å². The van der Waals surface area contributed by atoms with Gasteiger partial charge in [-0.2, -0.15) is 0 Å². The van der Waals surface area contributed by atoms with Gasteiger partial charge >= 0.3 is 0 Å². The van der Waals surface area contributed by atoms with Gasteiger partial charge in [0.25, 0.3) is 0 Å². The topological polar surface area (TPSA) is 30.2 Å². The Labute approximate surface area is 122 Å². The van der Waals surface area contributed by atoms with E-state index < -0.39 is 0 Å². The zero-order valence-corrected chi connectivity index (χ0v) is 12.2. The van der Waals surface area contributed by atoms with Crippen LogP contribution in [-0.4, -0.2) is 14.6 Å². The van der Waals surface area contributed by atoms with Crippen molar-refractivity contribution in [2.45, 2.75) is 6.92 Å². The van der Waals surface area contributed by atoms with Crippen molar-refractivity contribution in [3.8, 4) is 11.1 Å². The second-order valence-electron chi connectivity index (χ2n) is 4.20. The first-order valence-electron chi connectivity index (χ1n) is 5.52. The monoisotopic (exact) mass is 339 g/mol. The van der Waals surface area contributed by atoms with Crippen molar-refractivity contribution in [1.82, 2.24) is 14.6 Å². The first-order chi connectivity index (χ1) is 9.04. The number of rotatable bonds is 1. The standard InChI is InChI=1S/C13H8BrClFN3/c1-7-4-10(9-3-2-8(16)5-11(9)15)12-17-13(14)18-19(12)6-7/h2-6H,1H3. The first kappa shape index (κ1) is 12.6. The maximum absolute atomic E-state index is 13.1. The molecule has 2 aromatic heterocycles. The lowest BCUT2D eigenvalue weighted by Crippen LogP contribution is -1.93. The van der Waals surface area contributed by atoms with Gasteiger partial charge in [-0.25, -0.2) is 13.9 Å². The van der Waals surface area contributed by atoms with Gasteiger partial charge in [0.05, 0.1) is 5.02 Å². The second kappa shape index (κ2) is 4.58. The van der Waals surface area contributed by atoms with Crippen molar-refractivity contribution in [3.05, 3.63) is 51.6 Å². The Hall–Kier alpha value is -1.46. The zero-order chi connectivity index (χ0) is 13.6. The van der Waals surface area contributed by atoms with Crippen LogP contribution in [0.3, 0.4) is 0 Å². The number of hydrogen-bond donors (Lipinski definition) is 0. The van der Waals surface area contributed by atoms with Crippen molar-refractivity contribution < 1.29 is 4.39 Å². The summed E-state index contributed by atoms with van der Waals surface area (Å²) in [6, 6.07) is 6.27. The molecule has 0 N–H and O–H groups in total. The third kappa shape index (κ3) is 2.24. The Morgan fingerprint density at radius 2 is 2.05 bits per heavy atom. The number of fused-ring (bicyclic) bond motifs is 1. The van der Waals surface area contributed by atoms with Gasteiger partial charge in [0, 0.05) is 17.3 Å². The minimum absolute atomic E-state index is 0.353. The lowest BCUT2D eigenvalue weighted by atomic mass is 10.1. The van der Waals surface area contributed by atoms with E-state index in [4.69, 9.17) is 11.6 Å². The molecule has 19 heavy (non-hydrogen) atoms. The minimum Gasteiger partial charge on any atom is -0.219 e. The van der Waals surface area contributed by atoms with Crippen LogP contribution in [0.1, 0.15) is 5.56 Å². The summed E-state index contributed by atoms with van der Waals surface area (Å²) < 4.78 is 15.3. The molecule has 0 bridgehead atoms. The van der Waals surface area contributed by atoms with E-state index in [0.717, 1.165) is 16.7 Å². The second-order valence-corrected chi connectivity index (χ2v) is 5.32. The van der Waals surface area contributed by atoms with E-state index in [9.17, 15) is 4.39 Å². The molecule has 0 saturated carbocycles. The van der Waals surface area contributed by atoms with Gasteiger partial charge < -0.3 is 0 Å². The molecule has 0 spiro atoms. The van der Waals surface area contributed by atoms with E-state index in [0.29, 0.717) is 15.4 Å². The van der Waals surface area contributed by atoms with Crippen molar-refractivity contribution in [2.75, 3.05) is 0 Å². The van der Waals surface area contributed by atoms with Gasteiger partial charge in [-0.15, -0.1) is 5.10 Å². The molecule has 3 aromatic rings. The normalized spacial score (nSPS) is 11.2. The largest absolute Gasteiger partial charge is 0.219 e. The number of pyridine rings is 1. The molecule has 96 valence electrons. The summed E-state index contributed by atoms with van der Waals surface area (Å²) in [5, 5.41) is 4.57. The Bertz CT molecular complexity index is 785. The lowest BCUT2D eigenvalue weighted by molar-refractivity contribution is 0.628. The van der Waals surface area contributed by atoms with Crippen LogP contribution >= 0.6 is 27.5 Å². The number of benzene rings is 1. The van der Waals surface area contributed by atoms with Gasteiger partial charge in [-0.1, -0.05) is 11.6 Å². The number of nitrogens with zero attached hydrogens (tertiary/aromatic N) is 3. The molecular formula is C13H8BrClFN3. The highest BCUT2D eigenvalue weighted by Gasteiger charge is 2.12. The van der Waals surface area contributed by atoms with Crippen LogP contribution in [-0.2, 0) is 0 Å². The van der Waals surface area contributed by atoms with E-state index in [1.54, 1.807) is 10.6 Å². The molecule has 3 nitrogen and oxygen atoms in total. The summed E-state index contributed by atoms with van der Waals surface area (Å²) in [5.41, 5.74) is 3.24. The molecular weight excluding hydrogens is 333 g/mol. The number of aromatic nitrogens is 3. The van der Waals surface area contributed by atoms with Gasteiger partial charge in [-0.3, -0.25) is 0 Å². The highest BCUT2D eigenvalue weighted by atomic mass is 79.9. The molecule has 3 rings (SSSR count). The zero-order valence-electron chi connectivity index (χ0n) is 9.86. The molecule has 0 aliphatic rings. The van der Waals surface area contributed by atoms with Crippen LogP contribution in [0.2, 0.25) is 5.02 Å². The molecule has 0 saturated heterocycles. The molecule has 0 fully saturated rings. The molecule has 1 aromatic carbocycles. The number of hydrogen-bond acceptors (Lipinski definition) is 2. The number of aryl methyl sites for hydroxylation is 1. The Kier molecular flexibility index (Phi) is 3.03. The minimum atomic E-state index is -0.361. The van der Waals surface area contributed by atoms with Crippen molar-refractivity contribution in [2.24, 2.45) is 0 Å². The fourth-order valence-corrected chi connectivity index (χ4v) is 2.61. The molecule has 0 atom stereocenters. The fraction of sp³-hybridized carbons (Fsp3) is 0.0769. The average molecular weight is 341 g/mol. The van der Waals surface area contributed by atoms with E-state index in [1.807, 2.05) is 19.2 Å². The van der Waals surface area contributed by atoms with Crippen molar-refractivity contribution in [3.63, 3.8) is 0 Å². The summed E-state index contributed by atoms with van der Waals surface area (Å²) in [5.74, 6) is -0.361. The predicted octanol–water partition coefficient (Wildman–Crippen LogP) is 4.26. The highest BCUT2D eigenvalue weighted by Crippen LogP contribution is 2.32. The van der Waals surface area contributed by atoms with Crippen LogP contribution in [0.15, 0.2) is 35.2 Å². The van der Waals surface area contributed by atoms with Crippen LogP contribution in [0.5, 0.6) is 0 Å². The molecule has 0 unspecified atom stereocenters. The maximum Gasteiger partial charge on any atom is 0.218 e. The summed E-state index contributed by atoms with van der Waals surface area (Å²) in [7, 11) is 0. The van der Waals surface area contributed by atoms with Gasteiger partial charge in [0.1, 0.15) is 5.82 Å². The molecule has 6 heteroatoms. The van der Waals surface area contributed by atoms with E-state index >= 15 is 0 Å². The number of halogens is 3. The van der Waals surface area contributed by atoms with Crippen molar-refractivity contribution >= 4 is 33.2 Å². The highest BCUT2D eigenvalue weighted by molar-refractivity contribution is 9.10. The Morgan fingerprint density at radius 3 is 2.79 bits per heavy atom. The summed E-state index contributed by atoms with van der Waals surface area (Å²) in [6.45, 7) is 1.95. The third-order valence-electron chi connectivity index (χ3n) is 2.77. The van der Waals surface area contributed by atoms with E-state index in [2.05, 4.69) is 26.0 Å². The molecule has 0 radical (unpaired) electrons. The summed E-state index contributed by atoms with van der Waals surface area (Å²) in [6.07, 6.45) is 1.87. The van der Waals surface area contributed by atoms with Crippen molar-refractivity contribution in [1.29, 1.82) is 0 Å². The average Bonchev–Trinajstić information content (AvgIpc) is 2.68. The molecule has 0 amide bonds. The van der Waals surface area contributed by atoms with E-state index in [1.165, 1.54) is 12.1 Å². The van der Waals surface area contributed by atoms with Crippen LogP contribution in [0.25, 0.3) is 16.8 Å². The molecule has 0 aliphatic carbocycles. The third-order valence-corrected chi connectivity index (χ3v) is 3.41. The van der Waals surface area contributed by atoms with Crippen LogP contribution in [0.4, 0.5) is 4.39 Å². The summed E-state index contributed by atoms with van der Waals surface area (Å²) >= 11 is 9.36. The Balaban J connectivity index is 2.35. The lowest BCUT2D eigenvalue weighted by Gasteiger charge is -2.07. The maximum atomic E-state index is 13.1. The quantitative estimate of drug-likeness (QED) is 0.662. The Morgan fingerprint density at radius 1 is 1.26 bits per heavy atom. The fourth-order valence-electron chi connectivity index (χ4n) is 2.00. The van der Waals surface area contributed by atoms with Gasteiger partial charge in [0.2, 0.25) is 4.73 Å². The van der Waals surface area contributed by atoms with Gasteiger partial charge in [0.15, 0.2) is 5.65 Å². The molecule has 2 heterocycles. The SMILES string of the molecule is Cc1cc(-c2ccc(F)cc2Cl)c2nc(Br)nn2c1. The molecule has 0 aliphatic heterocycles. The predicted molar refractivity (Wildman–Crippen MR) is 75.8 cm³/mol. The first-order valence-corrected chi connectivity index (χ1v) is 6.69. The summed E-state index contributed by atoms with van der Waals surface area (Å²) in [4.78, 5) is 4.31.